The van der Waals surface area contributed by atoms with Gasteiger partial charge in [-0.15, -0.1) is 0 Å². The first-order chi connectivity index (χ1) is 13.8. The maximum Gasteiger partial charge on any atom is 0.256 e. The van der Waals surface area contributed by atoms with Crippen LogP contribution in [0, 0.1) is 23.6 Å². The van der Waals surface area contributed by atoms with Gasteiger partial charge in [0.1, 0.15) is 5.82 Å². The first kappa shape index (κ1) is 19.7. The molecule has 1 aromatic carbocycles. The van der Waals surface area contributed by atoms with E-state index >= 15 is 0 Å². The summed E-state index contributed by atoms with van der Waals surface area (Å²) < 4.78 is 13.0. The van der Waals surface area contributed by atoms with Crippen molar-refractivity contribution in [3.8, 4) is 0 Å². The van der Waals surface area contributed by atoms with Crippen molar-refractivity contribution in [1.82, 2.24) is 10.2 Å². The minimum atomic E-state index is -0.870. The molecule has 7 nitrogen and oxygen atoms in total. The molecule has 0 radical (unpaired) electrons. The van der Waals surface area contributed by atoms with Crippen molar-refractivity contribution >= 4 is 23.8 Å². The second-order valence-corrected chi connectivity index (χ2v) is 8.02. The Morgan fingerprint density at radius 1 is 1.17 bits per heavy atom. The molecule has 5 atom stereocenters. The van der Waals surface area contributed by atoms with Crippen LogP contribution in [-0.2, 0) is 14.4 Å². The molecule has 1 saturated heterocycles. The molecule has 2 bridgehead atoms. The molecule has 2 aliphatic carbocycles. The average Bonchev–Trinajstić information content (AvgIpc) is 3.33. The number of nitrogens with zero attached hydrogens (tertiary/aromatic N) is 1. The van der Waals surface area contributed by atoms with Gasteiger partial charge in [-0.3, -0.25) is 19.3 Å². The zero-order valence-electron chi connectivity index (χ0n) is 15.8. The van der Waals surface area contributed by atoms with Crippen molar-refractivity contribution in [1.29, 1.82) is 0 Å². The summed E-state index contributed by atoms with van der Waals surface area (Å²) in [5.41, 5.74) is 0.966. The molecule has 1 aromatic rings. The highest BCUT2D eigenvalue weighted by Crippen LogP contribution is 2.48. The molecule has 3 N–H and O–H groups in total. The van der Waals surface area contributed by atoms with Gasteiger partial charge < -0.3 is 15.5 Å². The number of carbonyl (C=O) groups excluding carboxylic acids is 3. The van der Waals surface area contributed by atoms with E-state index in [1.807, 2.05) is 0 Å². The molecule has 0 spiro atoms. The van der Waals surface area contributed by atoms with E-state index in [0.717, 1.165) is 4.90 Å². The smallest absolute Gasteiger partial charge is 0.256 e. The Morgan fingerprint density at radius 3 is 2.55 bits per heavy atom. The third-order valence-corrected chi connectivity index (χ3v) is 6.26. The van der Waals surface area contributed by atoms with E-state index in [4.69, 9.17) is 0 Å². The van der Waals surface area contributed by atoms with Crippen molar-refractivity contribution in [3.05, 3.63) is 41.2 Å². The lowest BCUT2D eigenvalue weighted by molar-refractivity contribution is -0.138. The summed E-state index contributed by atoms with van der Waals surface area (Å²) in [7, 11) is 0. The van der Waals surface area contributed by atoms with Crippen molar-refractivity contribution in [2.75, 3.05) is 13.1 Å². The number of amides is 3. The number of benzene rings is 1. The summed E-state index contributed by atoms with van der Waals surface area (Å²) in [6.07, 6.45) is 1.10. The van der Waals surface area contributed by atoms with Gasteiger partial charge in [-0.1, -0.05) is 12.1 Å². The molecule has 4 rings (SSSR count). The molecule has 0 unspecified atom stereocenters. The molecule has 1 heterocycles. The second-order valence-electron chi connectivity index (χ2n) is 8.02. The summed E-state index contributed by atoms with van der Waals surface area (Å²) in [6, 6.07) is 5.63. The molecule has 3 aliphatic rings. The summed E-state index contributed by atoms with van der Waals surface area (Å²) in [4.78, 5) is 38.2. The quantitative estimate of drug-likeness (QED) is 0.490. The average molecular weight is 402 g/mol. The SMILES string of the molecule is O=C(NCCN1C(=O)C/C(=C\c2ccc(F)cc2)C1=O)[C@H]1C[C@@H]2C[C@H]1[C@@H](O)[C@H]2O. The van der Waals surface area contributed by atoms with E-state index in [1.165, 1.54) is 24.3 Å². The summed E-state index contributed by atoms with van der Waals surface area (Å²) in [5, 5.41) is 22.6. The fourth-order valence-electron chi connectivity index (χ4n) is 4.74. The number of rotatable bonds is 5. The van der Waals surface area contributed by atoms with Crippen LogP contribution < -0.4 is 5.32 Å². The molecule has 3 amide bonds. The van der Waals surface area contributed by atoms with Gasteiger partial charge in [-0.25, -0.2) is 4.39 Å². The fourth-order valence-corrected chi connectivity index (χ4v) is 4.74. The summed E-state index contributed by atoms with van der Waals surface area (Å²) in [5.74, 6) is -1.98. The number of imide groups is 1. The number of fused-ring (bicyclic) bond motifs is 2. The van der Waals surface area contributed by atoms with Gasteiger partial charge in [0.15, 0.2) is 0 Å². The van der Waals surface area contributed by atoms with Gasteiger partial charge in [0, 0.05) is 24.6 Å². The van der Waals surface area contributed by atoms with Gasteiger partial charge in [0.2, 0.25) is 11.8 Å². The fraction of sp³-hybridized carbons (Fsp3) is 0.476. The number of halogens is 1. The van der Waals surface area contributed by atoms with E-state index < -0.39 is 18.1 Å². The van der Waals surface area contributed by atoms with E-state index in [1.54, 1.807) is 6.08 Å². The Balaban J connectivity index is 1.31. The van der Waals surface area contributed by atoms with Crippen LogP contribution in [0.15, 0.2) is 29.8 Å². The van der Waals surface area contributed by atoms with E-state index in [9.17, 15) is 29.0 Å². The third kappa shape index (κ3) is 3.70. The van der Waals surface area contributed by atoms with Gasteiger partial charge in [0.25, 0.3) is 5.91 Å². The number of aliphatic hydroxyl groups is 2. The largest absolute Gasteiger partial charge is 0.390 e. The molecule has 2 saturated carbocycles. The molecule has 8 heteroatoms. The number of hydrogen-bond acceptors (Lipinski definition) is 5. The van der Waals surface area contributed by atoms with Gasteiger partial charge in [0.05, 0.1) is 18.6 Å². The molecule has 0 aromatic heterocycles. The monoisotopic (exact) mass is 402 g/mol. The topological polar surface area (TPSA) is 107 Å². The zero-order valence-corrected chi connectivity index (χ0v) is 15.8. The third-order valence-electron chi connectivity index (χ3n) is 6.26. The molecule has 1 aliphatic heterocycles. The number of likely N-dealkylation sites (tertiary alicyclic amines) is 1. The van der Waals surface area contributed by atoms with Crippen LogP contribution in [0.5, 0.6) is 0 Å². The lowest BCUT2D eigenvalue weighted by atomic mass is 9.84. The Labute approximate surface area is 167 Å². The van der Waals surface area contributed by atoms with E-state index in [-0.39, 0.29) is 54.9 Å². The lowest BCUT2D eigenvalue weighted by Crippen LogP contribution is -2.45. The van der Waals surface area contributed by atoms with Crippen LogP contribution in [0.4, 0.5) is 4.39 Å². The van der Waals surface area contributed by atoms with Crippen molar-refractivity contribution in [2.45, 2.75) is 31.5 Å². The van der Waals surface area contributed by atoms with Gasteiger partial charge in [-0.2, -0.15) is 0 Å². The molecule has 154 valence electrons. The summed E-state index contributed by atoms with van der Waals surface area (Å²) >= 11 is 0. The van der Waals surface area contributed by atoms with Crippen molar-refractivity contribution in [2.24, 2.45) is 17.8 Å². The number of nitrogens with one attached hydrogen (secondary N) is 1. The molecule has 29 heavy (non-hydrogen) atoms. The number of hydrogen-bond donors (Lipinski definition) is 3. The standard InChI is InChI=1S/C21H23FN2O5/c22-14-3-1-11(2-4-14)7-13-10-17(25)24(21(13)29)6-5-23-20(28)16-9-12-8-15(16)19(27)18(12)26/h1-4,7,12,15-16,18-19,26-27H,5-6,8-10H2,(H,23,28)/b13-7+/t12-,15+,16-,18-,19+/m0/s1. The Morgan fingerprint density at radius 2 is 1.90 bits per heavy atom. The Kier molecular flexibility index (Phi) is 5.23. The minimum absolute atomic E-state index is 0.0272. The molecular weight excluding hydrogens is 379 g/mol. The predicted molar refractivity (Wildman–Crippen MR) is 100 cm³/mol. The summed E-state index contributed by atoms with van der Waals surface area (Å²) in [6.45, 7) is 0.197. The van der Waals surface area contributed by atoms with E-state index in [2.05, 4.69) is 5.32 Å². The van der Waals surface area contributed by atoms with Gasteiger partial charge >= 0.3 is 0 Å². The first-order valence-corrected chi connectivity index (χ1v) is 9.80. The maximum atomic E-state index is 13.0. The van der Waals surface area contributed by atoms with Crippen LogP contribution in [0.3, 0.4) is 0 Å². The minimum Gasteiger partial charge on any atom is -0.390 e. The molecular formula is C21H23FN2O5. The van der Waals surface area contributed by atoms with Crippen LogP contribution in [0.25, 0.3) is 6.08 Å². The Bertz CT molecular complexity index is 866. The lowest BCUT2D eigenvalue weighted by Gasteiger charge is -2.29. The first-order valence-electron chi connectivity index (χ1n) is 9.80. The maximum absolute atomic E-state index is 13.0. The van der Waals surface area contributed by atoms with Crippen LogP contribution in [0.1, 0.15) is 24.8 Å². The van der Waals surface area contributed by atoms with Crippen LogP contribution in [-0.4, -0.2) is 58.1 Å². The highest BCUT2D eigenvalue weighted by molar-refractivity contribution is 6.15. The second kappa shape index (κ2) is 7.68. The zero-order chi connectivity index (χ0) is 20.7. The number of aliphatic hydroxyl groups excluding tert-OH is 2. The number of carbonyl (C=O) groups is 3. The Hall–Kier alpha value is -2.58. The molecule has 3 fully saturated rings. The van der Waals surface area contributed by atoms with E-state index in [0.29, 0.717) is 24.0 Å². The van der Waals surface area contributed by atoms with Crippen molar-refractivity contribution < 1.29 is 29.0 Å². The normalized spacial score (nSPS) is 32.4. The van der Waals surface area contributed by atoms with Crippen LogP contribution in [0.2, 0.25) is 0 Å². The van der Waals surface area contributed by atoms with Crippen molar-refractivity contribution in [3.63, 3.8) is 0 Å². The van der Waals surface area contributed by atoms with Crippen LogP contribution >= 0.6 is 0 Å². The highest BCUT2D eigenvalue weighted by Gasteiger charge is 2.53. The predicted octanol–water partition coefficient (Wildman–Crippen LogP) is 0.462. The van der Waals surface area contributed by atoms with Gasteiger partial charge in [-0.05, 0) is 48.4 Å². The highest BCUT2D eigenvalue weighted by atomic mass is 19.1.